The van der Waals surface area contributed by atoms with Crippen LogP contribution in [0, 0.1) is 5.82 Å². The molecule has 0 spiro atoms. The molecule has 0 aliphatic carbocycles. The molecular weight excluding hydrogens is 191 g/mol. The van der Waals surface area contributed by atoms with E-state index in [2.05, 4.69) is 10.6 Å². The molecule has 2 N–H and O–H groups in total. The second-order valence-electron chi connectivity index (χ2n) is 3.99. The monoisotopic (exact) mass is 208 g/mol. The first kappa shape index (κ1) is 10.6. The topological polar surface area (TPSA) is 24.1 Å². The Kier molecular flexibility index (Phi) is 3.69. The van der Waals surface area contributed by atoms with Crippen LogP contribution in [-0.4, -0.2) is 25.7 Å². The molecule has 1 saturated heterocycles. The van der Waals surface area contributed by atoms with Crippen molar-refractivity contribution in [2.45, 2.75) is 18.9 Å². The number of rotatable bonds is 4. The lowest BCUT2D eigenvalue weighted by molar-refractivity contribution is 0.540. The average Bonchev–Trinajstić information content (AvgIpc) is 2.74. The van der Waals surface area contributed by atoms with E-state index in [1.807, 2.05) is 12.1 Å². The Bertz CT molecular complexity index is 308. The summed E-state index contributed by atoms with van der Waals surface area (Å²) in [7, 11) is 0. The van der Waals surface area contributed by atoms with Crippen LogP contribution in [0.15, 0.2) is 24.3 Å². The van der Waals surface area contributed by atoms with Crippen LogP contribution in [-0.2, 0) is 6.42 Å². The van der Waals surface area contributed by atoms with E-state index in [0.717, 1.165) is 31.6 Å². The smallest absolute Gasteiger partial charge is 0.126 e. The second kappa shape index (κ2) is 5.24. The summed E-state index contributed by atoms with van der Waals surface area (Å²) in [5.74, 6) is -0.0937. The Labute approximate surface area is 89.9 Å². The van der Waals surface area contributed by atoms with E-state index in [9.17, 15) is 4.39 Å². The van der Waals surface area contributed by atoms with Gasteiger partial charge in [-0.15, -0.1) is 0 Å². The van der Waals surface area contributed by atoms with E-state index < -0.39 is 0 Å². The third-order valence-corrected chi connectivity index (χ3v) is 2.85. The zero-order valence-electron chi connectivity index (χ0n) is 8.80. The fourth-order valence-corrected chi connectivity index (χ4v) is 1.94. The van der Waals surface area contributed by atoms with Gasteiger partial charge in [0, 0.05) is 12.6 Å². The van der Waals surface area contributed by atoms with E-state index in [0.29, 0.717) is 6.04 Å². The molecule has 1 atom stereocenters. The molecule has 0 aromatic heterocycles. The molecule has 0 saturated carbocycles. The van der Waals surface area contributed by atoms with Gasteiger partial charge in [-0.25, -0.2) is 4.39 Å². The zero-order valence-corrected chi connectivity index (χ0v) is 8.80. The summed E-state index contributed by atoms with van der Waals surface area (Å²) in [5.41, 5.74) is 0.802. The summed E-state index contributed by atoms with van der Waals surface area (Å²) in [5, 5.41) is 6.72. The fourth-order valence-electron chi connectivity index (χ4n) is 1.94. The Morgan fingerprint density at radius 3 is 3.00 bits per heavy atom. The van der Waals surface area contributed by atoms with Gasteiger partial charge in [0.05, 0.1) is 0 Å². The number of nitrogens with one attached hydrogen (secondary N) is 2. The molecular formula is C12H17FN2. The van der Waals surface area contributed by atoms with Crippen molar-refractivity contribution in [1.29, 1.82) is 0 Å². The van der Waals surface area contributed by atoms with Crippen LogP contribution < -0.4 is 10.6 Å². The van der Waals surface area contributed by atoms with Crippen molar-refractivity contribution in [2.24, 2.45) is 0 Å². The number of hydrogen-bond donors (Lipinski definition) is 2. The van der Waals surface area contributed by atoms with Crippen LogP contribution in [0.1, 0.15) is 12.0 Å². The lowest BCUT2D eigenvalue weighted by Crippen LogP contribution is -2.32. The zero-order chi connectivity index (χ0) is 10.5. The molecule has 1 aliphatic rings. The Morgan fingerprint density at radius 1 is 1.40 bits per heavy atom. The lowest BCUT2D eigenvalue weighted by atomic mass is 10.1. The van der Waals surface area contributed by atoms with Gasteiger partial charge >= 0.3 is 0 Å². The van der Waals surface area contributed by atoms with Gasteiger partial charge in [0.1, 0.15) is 5.82 Å². The van der Waals surface area contributed by atoms with Crippen molar-refractivity contribution in [3.05, 3.63) is 35.6 Å². The standard InChI is InChI=1S/C12H17FN2/c13-12-4-2-1-3-10(12)5-8-15-11-6-7-14-9-11/h1-4,11,14-15H,5-9H2. The van der Waals surface area contributed by atoms with E-state index >= 15 is 0 Å². The second-order valence-corrected chi connectivity index (χ2v) is 3.99. The maximum atomic E-state index is 13.3. The number of benzene rings is 1. The SMILES string of the molecule is Fc1ccccc1CCNC1CCNC1. The van der Waals surface area contributed by atoms with Crippen LogP contribution in [0.4, 0.5) is 4.39 Å². The first-order chi connectivity index (χ1) is 7.36. The quantitative estimate of drug-likeness (QED) is 0.780. The van der Waals surface area contributed by atoms with Crippen molar-refractivity contribution < 1.29 is 4.39 Å². The maximum absolute atomic E-state index is 13.3. The van der Waals surface area contributed by atoms with Crippen molar-refractivity contribution in [2.75, 3.05) is 19.6 Å². The third-order valence-electron chi connectivity index (χ3n) is 2.85. The van der Waals surface area contributed by atoms with Gasteiger partial charge < -0.3 is 10.6 Å². The molecule has 3 heteroatoms. The van der Waals surface area contributed by atoms with E-state index in [1.165, 1.54) is 12.5 Å². The van der Waals surface area contributed by atoms with Gasteiger partial charge in [-0.05, 0) is 37.6 Å². The Morgan fingerprint density at radius 2 is 2.27 bits per heavy atom. The third kappa shape index (κ3) is 3.01. The van der Waals surface area contributed by atoms with Crippen LogP contribution in [0.5, 0.6) is 0 Å². The summed E-state index contributed by atoms with van der Waals surface area (Å²) in [4.78, 5) is 0. The van der Waals surface area contributed by atoms with Crippen LogP contribution in [0.3, 0.4) is 0 Å². The highest BCUT2D eigenvalue weighted by molar-refractivity contribution is 5.17. The molecule has 1 aromatic rings. The maximum Gasteiger partial charge on any atom is 0.126 e. The van der Waals surface area contributed by atoms with Crippen molar-refractivity contribution in [1.82, 2.24) is 10.6 Å². The molecule has 82 valence electrons. The van der Waals surface area contributed by atoms with Gasteiger partial charge in [0.25, 0.3) is 0 Å². The van der Waals surface area contributed by atoms with Gasteiger partial charge in [-0.3, -0.25) is 0 Å². The summed E-state index contributed by atoms with van der Waals surface area (Å²) < 4.78 is 13.3. The molecule has 1 heterocycles. The predicted octanol–water partition coefficient (Wildman–Crippen LogP) is 1.32. The summed E-state index contributed by atoms with van der Waals surface area (Å²) in [6.07, 6.45) is 1.94. The van der Waals surface area contributed by atoms with Gasteiger partial charge in [0.2, 0.25) is 0 Å². The minimum Gasteiger partial charge on any atom is -0.315 e. The summed E-state index contributed by atoms with van der Waals surface area (Å²) in [6.45, 7) is 2.99. The Balaban J connectivity index is 1.75. The lowest BCUT2D eigenvalue weighted by Gasteiger charge is -2.11. The minimum absolute atomic E-state index is 0.0937. The summed E-state index contributed by atoms with van der Waals surface area (Å²) >= 11 is 0. The molecule has 1 fully saturated rings. The van der Waals surface area contributed by atoms with E-state index in [4.69, 9.17) is 0 Å². The molecule has 0 amide bonds. The molecule has 15 heavy (non-hydrogen) atoms. The molecule has 2 rings (SSSR count). The average molecular weight is 208 g/mol. The van der Waals surface area contributed by atoms with Crippen LogP contribution in [0.2, 0.25) is 0 Å². The normalized spacial score (nSPS) is 20.7. The highest BCUT2D eigenvalue weighted by atomic mass is 19.1. The fraction of sp³-hybridized carbons (Fsp3) is 0.500. The number of halogens is 1. The first-order valence-electron chi connectivity index (χ1n) is 5.54. The molecule has 0 bridgehead atoms. The molecule has 0 radical (unpaired) electrons. The van der Waals surface area contributed by atoms with Crippen molar-refractivity contribution in [3.8, 4) is 0 Å². The van der Waals surface area contributed by atoms with Crippen LogP contribution in [0.25, 0.3) is 0 Å². The molecule has 2 nitrogen and oxygen atoms in total. The molecule has 1 aromatic carbocycles. The largest absolute Gasteiger partial charge is 0.315 e. The van der Waals surface area contributed by atoms with Crippen molar-refractivity contribution >= 4 is 0 Å². The molecule has 1 aliphatic heterocycles. The predicted molar refractivity (Wildman–Crippen MR) is 59.4 cm³/mol. The number of hydrogen-bond acceptors (Lipinski definition) is 2. The minimum atomic E-state index is -0.0937. The highest BCUT2D eigenvalue weighted by Gasteiger charge is 2.12. The summed E-state index contributed by atoms with van der Waals surface area (Å²) in [6, 6.07) is 7.55. The van der Waals surface area contributed by atoms with E-state index in [1.54, 1.807) is 6.07 Å². The van der Waals surface area contributed by atoms with Gasteiger partial charge in [-0.2, -0.15) is 0 Å². The highest BCUT2D eigenvalue weighted by Crippen LogP contribution is 2.06. The Hall–Kier alpha value is -0.930. The van der Waals surface area contributed by atoms with Gasteiger partial charge in [0.15, 0.2) is 0 Å². The van der Waals surface area contributed by atoms with E-state index in [-0.39, 0.29) is 5.82 Å². The van der Waals surface area contributed by atoms with Gasteiger partial charge in [-0.1, -0.05) is 18.2 Å². The first-order valence-corrected chi connectivity index (χ1v) is 5.54. The van der Waals surface area contributed by atoms with Crippen LogP contribution >= 0.6 is 0 Å². The molecule has 1 unspecified atom stereocenters. The van der Waals surface area contributed by atoms with Crippen molar-refractivity contribution in [3.63, 3.8) is 0 Å².